The van der Waals surface area contributed by atoms with Crippen LogP contribution in [-0.4, -0.2) is 26.5 Å². The lowest BCUT2D eigenvalue weighted by Gasteiger charge is -2.29. The van der Waals surface area contributed by atoms with Crippen molar-refractivity contribution >= 4 is 17.7 Å². The summed E-state index contributed by atoms with van der Waals surface area (Å²) in [6.07, 6.45) is 0. The predicted octanol–water partition coefficient (Wildman–Crippen LogP) is 4.06. The Hall–Kier alpha value is -2.87. The van der Waals surface area contributed by atoms with E-state index in [4.69, 9.17) is 4.74 Å². The van der Waals surface area contributed by atoms with E-state index in [9.17, 15) is 9.18 Å². The van der Waals surface area contributed by atoms with Crippen LogP contribution in [-0.2, 0) is 23.4 Å². The highest BCUT2D eigenvalue weighted by molar-refractivity contribution is 7.99. The second kappa shape index (κ2) is 8.10. The van der Waals surface area contributed by atoms with Gasteiger partial charge in [0.2, 0.25) is 5.16 Å². The first-order chi connectivity index (χ1) is 14.3. The molecule has 0 radical (unpaired) electrons. The Balaban J connectivity index is 1.54. The zero-order valence-corrected chi connectivity index (χ0v) is 17.9. The SMILES string of the molecule is CC(C)(C)c1ccc(OCc2nnc3n2N(Cc2ccccc2F)C(=O)CS3)cc1. The third kappa shape index (κ3) is 4.18. The van der Waals surface area contributed by atoms with Crippen LogP contribution in [0.1, 0.15) is 37.7 Å². The Morgan fingerprint density at radius 3 is 2.53 bits per heavy atom. The van der Waals surface area contributed by atoms with Gasteiger partial charge in [-0.05, 0) is 29.2 Å². The standard InChI is InChI=1S/C22H23FN4O2S/c1-22(2,3)16-8-10-17(11-9-16)29-13-19-24-25-21-27(19)26(20(28)14-30-21)12-15-6-4-5-7-18(15)23/h4-11H,12-14H2,1-3H3. The van der Waals surface area contributed by atoms with Crippen molar-refractivity contribution in [3.63, 3.8) is 0 Å². The van der Waals surface area contributed by atoms with Gasteiger partial charge in [0.15, 0.2) is 5.82 Å². The van der Waals surface area contributed by atoms with E-state index >= 15 is 0 Å². The zero-order chi connectivity index (χ0) is 21.3. The van der Waals surface area contributed by atoms with Crippen LogP contribution in [0.3, 0.4) is 0 Å². The van der Waals surface area contributed by atoms with Crippen LogP contribution < -0.4 is 9.75 Å². The normalized spacial score (nSPS) is 14.0. The summed E-state index contributed by atoms with van der Waals surface area (Å²) < 4.78 is 21.7. The number of fused-ring (bicyclic) bond motifs is 1. The number of carbonyl (C=O) groups excluding carboxylic acids is 1. The minimum absolute atomic E-state index is 0.0649. The zero-order valence-electron chi connectivity index (χ0n) is 17.1. The van der Waals surface area contributed by atoms with Crippen molar-refractivity contribution in [3.05, 3.63) is 71.3 Å². The number of nitrogens with zero attached hydrogens (tertiary/aromatic N) is 4. The number of hydrogen-bond acceptors (Lipinski definition) is 5. The molecule has 0 fully saturated rings. The summed E-state index contributed by atoms with van der Waals surface area (Å²) >= 11 is 1.31. The summed E-state index contributed by atoms with van der Waals surface area (Å²) in [5.41, 5.74) is 1.71. The number of benzene rings is 2. The van der Waals surface area contributed by atoms with Crippen molar-refractivity contribution in [2.45, 2.75) is 44.5 Å². The number of thioether (sulfide) groups is 1. The first-order valence-corrected chi connectivity index (χ1v) is 10.7. The molecule has 0 atom stereocenters. The fraction of sp³-hybridized carbons (Fsp3) is 0.318. The van der Waals surface area contributed by atoms with E-state index in [1.54, 1.807) is 22.9 Å². The van der Waals surface area contributed by atoms with Gasteiger partial charge in [-0.1, -0.05) is 62.9 Å². The Morgan fingerprint density at radius 1 is 1.10 bits per heavy atom. The molecule has 3 aromatic rings. The number of aromatic nitrogens is 3. The summed E-state index contributed by atoms with van der Waals surface area (Å²) in [5.74, 6) is 0.945. The van der Waals surface area contributed by atoms with Crippen molar-refractivity contribution in [3.8, 4) is 5.75 Å². The Bertz CT molecular complexity index is 1060. The van der Waals surface area contributed by atoms with Crippen molar-refractivity contribution in [1.29, 1.82) is 0 Å². The van der Waals surface area contributed by atoms with Crippen molar-refractivity contribution in [2.24, 2.45) is 0 Å². The molecule has 2 heterocycles. The molecule has 156 valence electrons. The number of carbonyl (C=O) groups is 1. The molecule has 0 N–H and O–H groups in total. The molecule has 2 aromatic carbocycles. The molecule has 1 aliphatic rings. The van der Waals surface area contributed by atoms with E-state index in [1.807, 2.05) is 24.3 Å². The van der Waals surface area contributed by atoms with E-state index in [-0.39, 0.29) is 36.0 Å². The highest BCUT2D eigenvalue weighted by atomic mass is 32.2. The Kier molecular flexibility index (Phi) is 5.51. The molecule has 0 spiro atoms. The second-order valence-corrected chi connectivity index (χ2v) is 9.05. The molecule has 6 nitrogen and oxygen atoms in total. The smallest absolute Gasteiger partial charge is 0.252 e. The minimum Gasteiger partial charge on any atom is -0.486 e. The third-order valence-electron chi connectivity index (χ3n) is 4.90. The molecule has 30 heavy (non-hydrogen) atoms. The van der Waals surface area contributed by atoms with Gasteiger partial charge in [0.1, 0.15) is 18.2 Å². The van der Waals surface area contributed by atoms with Gasteiger partial charge in [-0.3, -0.25) is 4.79 Å². The van der Waals surface area contributed by atoms with Gasteiger partial charge in [-0.25, -0.2) is 14.1 Å². The van der Waals surface area contributed by atoms with E-state index < -0.39 is 0 Å². The summed E-state index contributed by atoms with van der Waals surface area (Å²) in [6, 6.07) is 14.4. The van der Waals surface area contributed by atoms with Gasteiger partial charge in [0, 0.05) is 5.56 Å². The largest absolute Gasteiger partial charge is 0.486 e. The van der Waals surface area contributed by atoms with Crippen LogP contribution in [0.2, 0.25) is 0 Å². The van der Waals surface area contributed by atoms with Gasteiger partial charge < -0.3 is 4.74 Å². The lowest BCUT2D eigenvalue weighted by atomic mass is 9.87. The first kappa shape index (κ1) is 20.4. The monoisotopic (exact) mass is 426 g/mol. The number of amides is 1. The average molecular weight is 427 g/mol. The maximum Gasteiger partial charge on any atom is 0.252 e. The third-order valence-corrected chi connectivity index (χ3v) is 5.80. The van der Waals surface area contributed by atoms with Gasteiger partial charge >= 0.3 is 0 Å². The molecule has 1 amide bonds. The highest BCUT2D eigenvalue weighted by Gasteiger charge is 2.30. The maximum absolute atomic E-state index is 14.2. The summed E-state index contributed by atoms with van der Waals surface area (Å²) in [7, 11) is 0. The number of rotatable bonds is 5. The number of hydrogen-bond donors (Lipinski definition) is 0. The van der Waals surface area contributed by atoms with Crippen LogP contribution in [0, 0.1) is 5.82 Å². The Labute approximate surface area is 179 Å². The quantitative estimate of drug-likeness (QED) is 0.616. The minimum atomic E-state index is -0.352. The van der Waals surface area contributed by atoms with Gasteiger partial charge in [-0.2, -0.15) is 0 Å². The fourth-order valence-corrected chi connectivity index (χ4v) is 4.00. The second-order valence-electron chi connectivity index (χ2n) is 8.11. The number of halogens is 1. The van der Waals surface area contributed by atoms with E-state index in [1.165, 1.54) is 28.4 Å². The van der Waals surface area contributed by atoms with Gasteiger partial charge in [0.25, 0.3) is 5.91 Å². The summed E-state index contributed by atoms with van der Waals surface area (Å²) in [4.78, 5) is 12.6. The summed E-state index contributed by atoms with van der Waals surface area (Å²) in [6.45, 7) is 6.71. The average Bonchev–Trinajstić information content (AvgIpc) is 3.13. The van der Waals surface area contributed by atoms with Gasteiger partial charge in [-0.15, -0.1) is 10.2 Å². The molecule has 0 aliphatic carbocycles. The topological polar surface area (TPSA) is 60.3 Å². The molecule has 1 aliphatic heterocycles. The molecule has 1 aromatic heterocycles. The lowest BCUT2D eigenvalue weighted by Crippen LogP contribution is -2.45. The van der Waals surface area contributed by atoms with Crippen molar-refractivity contribution < 1.29 is 13.9 Å². The maximum atomic E-state index is 14.2. The Morgan fingerprint density at radius 2 is 1.83 bits per heavy atom. The van der Waals surface area contributed by atoms with Crippen molar-refractivity contribution in [1.82, 2.24) is 14.9 Å². The summed E-state index contributed by atoms with van der Waals surface area (Å²) in [5, 5.41) is 10.4. The molecule has 4 rings (SSSR count). The van der Waals surface area contributed by atoms with Crippen LogP contribution in [0.25, 0.3) is 0 Å². The molecule has 0 saturated heterocycles. The van der Waals surface area contributed by atoms with Crippen LogP contribution in [0.5, 0.6) is 5.75 Å². The van der Waals surface area contributed by atoms with E-state index in [0.29, 0.717) is 22.3 Å². The lowest BCUT2D eigenvalue weighted by molar-refractivity contribution is -0.118. The molecule has 0 unspecified atom stereocenters. The van der Waals surface area contributed by atoms with Crippen LogP contribution in [0.4, 0.5) is 4.39 Å². The molecule has 0 bridgehead atoms. The van der Waals surface area contributed by atoms with Crippen LogP contribution >= 0.6 is 11.8 Å². The molecule has 8 heteroatoms. The highest BCUT2D eigenvalue weighted by Crippen LogP contribution is 2.27. The predicted molar refractivity (Wildman–Crippen MR) is 114 cm³/mol. The van der Waals surface area contributed by atoms with E-state index in [2.05, 4.69) is 31.0 Å². The van der Waals surface area contributed by atoms with Gasteiger partial charge in [0.05, 0.1) is 12.3 Å². The van der Waals surface area contributed by atoms with E-state index in [0.717, 1.165) is 0 Å². The molecular weight excluding hydrogens is 403 g/mol. The van der Waals surface area contributed by atoms with Crippen molar-refractivity contribution in [2.75, 3.05) is 10.8 Å². The van der Waals surface area contributed by atoms with Crippen LogP contribution in [0.15, 0.2) is 53.7 Å². The fourth-order valence-electron chi connectivity index (χ4n) is 3.18. The first-order valence-electron chi connectivity index (χ1n) is 9.67. The molecular formula is C22H23FN4O2S. The molecule has 0 saturated carbocycles. The number of ether oxygens (including phenoxy) is 1.